The lowest BCUT2D eigenvalue weighted by Crippen LogP contribution is -2.30. The topological polar surface area (TPSA) is 117 Å². The first kappa shape index (κ1) is 22.9. The van der Waals surface area contributed by atoms with E-state index in [1.807, 2.05) is 0 Å². The lowest BCUT2D eigenvalue weighted by atomic mass is 10.3. The van der Waals surface area contributed by atoms with Crippen LogP contribution in [0, 0.1) is 0 Å². The van der Waals surface area contributed by atoms with E-state index in [-0.39, 0.29) is 29.6 Å². The van der Waals surface area contributed by atoms with E-state index in [1.54, 1.807) is 41.9 Å². The van der Waals surface area contributed by atoms with Gasteiger partial charge in [-0.05, 0) is 30.3 Å². The van der Waals surface area contributed by atoms with Crippen LogP contribution in [0.2, 0.25) is 5.02 Å². The Morgan fingerprint density at radius 1 is 1.23 bits per heavy atom. The molecule has 0 atom stereocenters. The number of amides is 1. The van der Waals surface area contributed by atoms with Crippen LogP contribution in [0.3, 0.4) is 0 Å². The summed E-state index contributed by atoms with van der Waals surface area (Å²) in [5, 5.41) is 21.3. The quantitative estimate of drug-likeness (QED) is 0.375. The summed E-state index contributed by atoms with van der Waals surface area (Å²) in [4.78, 5) is 12.2. The van der Waals surface area contributed by atoms with Gasteiger partial charge in [-0.25, -0.2) is 8.42 Å². The Morgan fingerprint density at radius 3 is 2.61 bits per heavy atom. The van der Waals surface area contributed by atoms with Crippen LogP contribution in [0.1, 0.15) is 5.82 Å². The van der Waals surface area contributed by atoms with Gasteiger partial charge in [-0.1, -0.05) is 41.6 Å². The molecule has 0 saturated carbocycles. The number of para-hydroxylation sites is 1. The third kappa shape index (κ3) is 5.90. The number of anilines is 2. The van der Waals surface area contributed by atoms with Crippen LogP contribution in [0.15, 0.2) is 53.7 Å². The van der Waals surface area contributed by atoms with Gasteiger partial charge in [0.2, 0.25) is 15.9 Å². The number of nitrogens with zero attached hydrogens (tertiary/aromatic N) is 4. The second kappa shape index (κ2) is 9.58. The molecule has 0 radical (unpaired) electrons. The van der Waals surface area contributed by atoms with Crippen LogP contribution >= 0.6 is 23.4 Å². The smallest absolute Gasteiger partial charge is 0.234 e. The number of hydrogen-bond acceptors (Lipinski definition) is 7. The SMILES string of the molecule is Cn1c(CN(c2ccccc2)S(C)(=O)=O)nnc1SCC(=O)Nc1cc(Cl)ccc1O. The van der Waals surface area contributed by atoms with Gasteiger partial charge in [0.1, 0.15) is 5.75 Å². The number of halogens is 1. The van der Waals surface area contributed by atoms with E-state index >= 15 is 0 Å². The maximum atomic E-state index is 12.3. The Hall–Kier alpha value is -2.76. The molecule has 0 aliphatic carbocycles. The molecule has 1 heterocycles. The van der Waals surface area contributed by atoms with Crippen LogP contribution in [0.5, 0.6) is 5.75 Å². The Bertz CT molecular complexity index is 1190. The number of phenolic OH excluding ortho intramolecular Hbond substituents is 1. The first-order chi connectivity index (χ1) is 14.6. The predicted molar refractivity (Wildman–Crippen MR) is 121 cm³/mol. The van der Waals surface area contributed by atoms with Gasteiger partial charge in [0.05, 0.1) is 29.9 Å². The summed E-state index contributed by atoms with van der Waals surface area (Å²) in [6, 6.07) is 13.0. The summed E-state index contributed by atoms with van der Waals surface area (Å²) >= 11 is 7.01. The largest absolute Gasteiger partial charge is 0.506 e. The number of carbonyl (C=O) groups excluding carboxylic acids is 1. The molecule has 3 rings (SSSR count). The first-order valence-corrected chi connectivity index (χ1v) is 12.2. The number of phenols is 1. The molecule has 0 saturated heterocycles. The van der Waals surface area contributed by atoms with Gasteiger partial charge >= 0.3 is 0 Å². The molecule has 2 aromatic carbocycles. The first-order valence-electron chi connectivity index (χ1n) is 8.97. The highest BCUT2D eigenvalue weighted by Gasteiger charge is 2.21. The highest BCUT2D eigenvalue weighted by molar-refractivity contribution is 7.99. The van der Waals surface area contributed by atoms with E-state index in [9.17, 15) is 18.3 Å². The number of benzene rings is 2. The summed E-state index contributed by atoms with van der Waals surface area (Å²) in [6.07, 6.45) is 1.13. The van der Waals surface area contributed by atoms with Crippen LogP contribution in [-0.2, 0) is 28.4 Å². The number of sulfonamides is 1. The van der Waals surface area contributed by atoms with Gasteiger partial charge in [-0.15, -0.1) is 10.2 Å². The molecule has 1 aromatic heterocycles. The summed E-state index contributed by atoms with van der Waals surface area (Å²) in [7, 11) is -1.85. The third-order valence-electron chi connectivity index (χ3n) is 4.22. The minimum Gasteiger partial charge on any atom is -0.506 e. The molecule has 0 fully saturated rings. The maximum Gasteiger partial charge on any atom is 0.234 e. The zero-order valence-corrected chi connectivity index (χ0v) is 19.1. The number of carbonyl (C=O) groups is 1. The van der Waals surface area contributed by atoms with Crippen molar-refractivity contribution in [2.24, 2.45) is 7.05 Å². The standard InChI is InChI=1S/C19H20ClN5O4S2/c1-24-17(11-25(31(2,28)29)14-6-4-3-5-7-14)22-23-19(24)30-12-18(27)21-15-10-13(20)8-9-16(15)26/h3-10,26H,11-12H2,1-2H3,(H,21,27). The second-order valence-corrected chi connectivity index (χ2v) is 9.85. The van der Waals surface area contributed by atoms with E-state index in [1.165, 1.54) is 22.5 Å². The molecular formula is C19H20ClN5O4S2. The Kier molecular flexibility index (Phi) is 7.08. The monoisotopic (exact) mass is 481 g/mol. The molecule has 0 bridgehead atoms. The van der Waals surface area contributed by atoms with Gasteiger partial charge in [0, 0.05) is 12.1 Å². The van der Waals surface area contributed by atoms with Gasteiger partial charge in [0.25, 0.3) is 0 Å². The van der Waals surface area contributed by atoms with Crippen molar-refractivity contribution in [3.8, 4) is 5.75 Å². The van der Waals surface area contributed by atoms with Crippen molar-refractivity contribution >= 4 is 50.7 Å². The van der Waals surface area contributed by atoms with Crippen LogP contribution in [0.4, 0.5) is 11.4 Å². The van der Waals surface area contributed by atoms with Crippen molar-refractivity contribution in [3.63, 3.8) is 0 Å². The van der Waals surface area contributed by atoms with Crippen molar-refractivity contribution in [1.82, 2.24) is 14.8 Å². The van der Waals surface area contributed by atoms with Gasteiger partial charge in [-0.2, -0.15) is 0 Å². The normalized spacial score (nSPS) is 11.3. The van der Waals surface area contributed by atoms with Crippen molar-refractivity contribution in [3.05, 3.63) is 59.4 Å². The van der Waals surface area contributed by atoms with Crippen molar-refractivity contribution in [2.45, 2.75) is 11.7 Å². The molecule has 2 N–H and O–H groups in total. The van der Waals surface area contributed by atoms with Gasteiger partial charge in [-0.3, -0.25) is 9.10 Å². The molecule has 0 aliphatic rings. The molecular weight excluding hydrogens is 462 g/mol. The van der Waals surface area contributed by atoms with E-state index in [0.29, 0.717) is 21.7 Å². The average molecular weight is 482 g/mol. The van der Waals surface area contributed by atoms with Crippen LogP contribution < -0.4 is 9.62 Å². The lowest BCUT2D eigenvalue weighted by molar-refractivity contribution is -0.113. The average Bonchev–Trinajstić information content (AvgIpc) is 3.06. The molecule has 9 nitrogen and oxygen atoms in total. The molecule has 0 unspecified atom stereocenters. The number of aromatic nitrogens is 3. The fourth-order valence-corrected chi connectivity index (χ4v) is 4.41. The number of thioether (sulfide) groups is 1. The van der Waals surface area contributed by atoms with Crippen molar-refractivity contribution in [1.29, 1.82) is 0 Å². The summed E-state index contributed by atoms with van der Waals surface area (Å²) < 4.78 is 27.4. The molecule has 0 spiro atoms. The fourth-order valence-electron chi connectivity index (χ4n) is 2.66. The Labute approximate surface area is 189 Å². The zero-order chi connectivity index (χ0) is 22.6. The third-order valence-corrected chi connectivity index (χ3v) is 6.62. The molecule has 164 valence electrons. The number of aromatic hydroxyl groups is 1. The molecule has 1 amide bonds. The van der Waals surface area contributed by atoms with Crippen molar-refractivity contribution in [2.75, 3.05) is 21.6 Å². The predicted octanol–water partition coefficient (Wildman–Crippen LogP) is 2.87. The maximum absolute atomic E-state index is 12.3. The minimum atomic E-state index is -3.54. The Morgan fingerprint density at radius 2 is 1.94 bits per heavy atom. The Balaban J connectivity index is 1.68. The lowest BCUT2D eigenvalue weighted by Gasteiger charge is -2.21. The molecule has 3 aromatic rings. The highest BCUT2D eigenvalue weighted by atomic mass is 35.5. The second-order valence-electron chi connectivity index (χ2n) is 6.56. The van der Waals surface area contributed by atoms with Gasteiger partial charge < -0.3 is 15.0 Å². The van der Waals surface area contributed by atoms with E-state index in [2.05, 4.69) is 15.5 Å². The zero-order valence-electron chi connectivity index (χ0n) is 16.7. The van der Waals surface area contributed by atoms with Crippen LogP contribution in [-0.4, -0.2) is 46.2 Å². The molecule has 12 heteroatoms. The highest BCUT2D eigenvalue weighted by Crippen LogP contribution is 2.27. The number of nitrogens with one attached hydrogen (secondary N) is 1. The summed E-state index contributed by atoms with van der Waals surface area (Å²) in [5.41, 5.74) is 0.728. The minimum absolute atomic E-state index is 0.00447. The van der Waals surface area contributed by atoms with E-state index in [4.69, 9.17) is 11.6 Å². The van der Waals surface area contributed by atoms with E-state index < -0.39 is 10.0 Å². The van der Waals surface area contributed by atoms with Crippen LogP contribution in [0.25, 0.3) is 0 Å². The summed E-state index contributed by atoms with van der Waals surface area (Å²) in [6.45, 7) is -0.00447. The summed E-state index contributed by atoms with van der Waals surface area (Å²) in [5.74, 6) is -0.0313. The van der Waals surface area contributed by atoms with Crippen molar-refractivity contribution < 1.29 is 18.3 Å². The van der Waals surface area contributed by atoms with Gasteiger partial charge in [0.15, 0.2) is 11.0 Å². The fraction of sp³-hybridized carbons (Fsp3) is 0.211. The molecule has 31 heavy (non-hydrogen) atoms. The molecule has 0 aliphatic heterocycles. The number of rotatable bonds is 8. The number of hydrogen-bond donors (Lipinski definition) is 2. The van der Waals surface area contributed by atoms with E-state index in [0.717, 1.165) is 18.0 Å².